The van der Waals surface area contributed by atoms with Crippen LogP contribution in [0, 0.1) is 0 Å². The van der Waals surface area contributed by atoms with Gasteiger partial charge in [0.25, 0.3) is 15.9 Å². The summed E-state index contributed by atoms with van der Waals surface area (Å²) in [7, 11) is -3.89. The van der Waals surface area contributed by atoms with Crippen molar-refractivity contribution in [1.82, 2.24) is 14.5 Å². The average Bonchev–Trinajstić information content (AvgIpc) is 2.97. The van der Waals surface area contributed by atoms with Crippen molar-refractivity contribution in [2.45, 2.75) is 24.4 Å². The summed E-state index contributed by atoms with van der Waals surface area (Å²) < 4.78 is 31.2. The van der Waals surface area contributed by atoms with Gasteiger partial charge in [-0.05, 0) is 23.3 Å². The summed E-state index contributed by atoms with van der Waals surface area (Å²) in [6, 6.07) is 14.1. The number of rotatable bonds is 7. The average molecular weight is 444 g/mol. The molecule has 2 aromatic carbocycles. The van der Waals surface area contributed by atoms with Crippen molar-refractivity contribution >= 4 is 21.8 Å². The lowest BCUT2D eigenvalue weighted by Crippen LogP contribution is -2.35. The second kappa shape index (κ2) is 9.17. The number of hydrogen-bond donors (Lipinski definition) is 1. The Labute approximate surface area is 181 Å². The number of benzene rings is 2. The van der Waals surface area contributed by atoms with Crippen LogP contribution in [-0.4, -0.2) is 62.3 Å². The summed E-state index contributed by atoms with van der Waals surface area (Å²) in [4.78, 5) is 27.0. The third-order valence-corrected chi connectivity index (χ3v) is 7.29. The fourth-order valence-electron chi connectivity index (χ4n) is 3.80. The number of carbonyl (C=O) groups excluding carboxylic acids is 2. The molecule has 1 N–H and O–H groups in total. The first kappa shape index (κ1) is 21.5. The van der Waals surface area contributed by atoms with Crippen LogP contribution in [0.1, 0.15) is 27.9 Å². The molecule has 0 radical (unpaired) electrons. The molecule has 2 amide bonds. The summed E-state index contributed by atoms with van der Waals surface area (Å²) in [5.74, 6) is -0.892. The van der Waals surface area contributed by atoms with Crippen LogP contribution in [0.15, 0.2) is 53.4 Å². The van der Waals surface area contributed by atoms with Gasteiger partial charge in [0.05, 0.1) is 18.8 Å². The fourth-order valence-corrected chi connectivity index (χ4v) is 5.37. The van der Waals surface area contributed by atoms with Gasteiger partial charge in [0.15, 0.2) is 0 Å². The van der Waals surface area contributed by atoms with Crippen LogP contribution >= 0.6 is 0 Å². The monoisotopic (exact) mass is 443 g/mol. The summed E-state index contributed by atoms with van der Waals surface area (Å²) in [5.41, 5.74) is 2.29. The molecule has 0 spiro atoms. The van der Waals surface area contributed by atoms with Gasteiger partial charge in [0.1, 0.15) is 4.90 Å². The lowest BCUT2D eigenvalue weighted by molar-refractivity contribution is -0.121. The fraction of sp³-hybridized carbons (Fsp3) is 0.364. The molecule has 2 aliphatic heterocycles. The number of morpholine rings is 1. The molecular weight excluding hydrogens is 418 g/mol. The Morgan fingerprint density at radius 1 is 1.03 bits per heavy atom. The number of nitrogens with zero attached hydrogens (tertiary/aromatic N) is 2. The van der Waals surface area contributed by atoms with E-state index < -0.39 is 15.9 Å². The Morgan fingerprint density at radius 3 is 2.55 bits per heavy atom. The molecule has 0 unspecified atom stereocenters. The Balaban J connectivity index is 1.29. The molecule has 9 heteroatoms. The molecule has 8 nitrogen and oxygen atoms in total. The third-order valence-electron chi connectivity index (χ3n) is 5.44. The van der Waals surface area contributed by atoms with E-state index in [4.69, 9.17) is 4.74 Å². The van der Waals surface area contributed by atoms with E-state index in [0.717, 1.165) is 42.7 Å². The van der Waals surface area contributed by atoms with E-state index in [1.54, 1.807) is 12.1 Å². The molecule has 0 aromatic heterocycles. The Morgan fingerprint density at radius 2 is 1.77 bits per heavy atom. The number of ether oxygens (including phenoxy) is 1. The molecule has 0 bridgehead atoms. The number of amides is 2. The maximum atomic E-state index is 12.5. The molecule has 2 heterocycles. The SMILES string of the molecule is O=C(CCN1C(=O)c2ccccc2S1(=O)=O)NCc1cccc(CN2CCOCC2)c1. The van der Waals surface area contributed by atoms with Crippen molar-refractivity contribution in [3.8, 4) is 0 Å². The van der Waals surface area contributed by atoms with E-state index >= 15 is 0 Å². The number of hydrogen-bond acceptors (Lipinski definition) is 6. The van der Waals surface area contributed by atoms with Crippen LogP contribution in [0.3, 0.4) is 0 Å². The van der Waals surface area contributed by atoms with Crippen LogP contribution in [0.4, 0.5) is 0 Å². The number of nitrogens with one attached hydrogen (secondary N) is 1. The van der Waals surface area contributed by atoms with Crippen molar-refractivity contribution in [2.24, 2.45) is 0 Å². The topological polar surface area (TPSA) is 96.0 Å². The first-order valence-electron chi connectivity index (χ1n) is 10.3. The number of carbonyl (C=O) groups is 2. The van der Waals surface area contributed by atoms with Gasteiger partial charge in [-0.25, -0.2) is 12.7 Å². The van der Waals surface area contributed by atoms with E-state index in [2.05, 4.69) is 22.3 Å². The largest absolute Gasteiger partial charge is 0.379 e. The first-order chi connectivity index (χ1) is 14.9. The quantitative estimate of drug-likeness (QED) is 0.695. The molecule has 0 saturated carbocycles. The predicted molar refractivity (Wildman–Crippen MR) is 114 cm³/mol. The molecular formula is C22H25N3O5S. The highest BCUT2D eigenvalue weighted by molar-refractivity contribution is 7.90. The van der Waals surface area contributed by atoms with Crippen LogP contribution in [-0.2, 0) is 32.6 Å². The van der Waals surface area contributed by atoms with Gasteiger partial charge in [-0.15, -0.1) is 0 Å². The lowest BCUT2D eigenvalue weighted by Gasteiger charge is -2.26. The molecule has 4 rings (SSSR count). The Bertz CT molecular complexity index is 1080. The normalized spacial score (nSPS) is 18.1. The maximum Gasteiger partial charge on any atom is 0.269 e. The molecule has 2 aromatic rings. The zero-order valence-corrected chi connectivity index (χ0v) is 17.9. The number of sulfonamides is 1. The van der Waals surface area contributed by atoms with Crippen molar-refractivity contribution in [2.75, 3.05) is 32.8 Å². The highest BCUT2D eigenvalue weighted by atomic mass is 32.2. The highest BCUT2D eigenvalue weighted by Crippen LogP contribution is 2.29. The summed E-state index contributed by atoms with van der Waals surface area (Å²) in [5, 5.41) is 2.81. The van der Waals surface area contributed by atoms with Crippen molar-refractivity contribution in [3.63, 3.8) is 0 Å². The smallest absolute Gasteiger partial charge is 0.269 e. The third kappa shape index (κ3) is 4.79. The molecule has 1 fully saturated rings. The van der Waals surface area contributed by atoms with Gasteiger partial charge in [0, 0.05) is 39.1 Å². The van der Waals surface area contributed by atoms with Gasteiger partial charge < -0.3 is 10.1 Å². The van der Waals surface area contributed by atoms with Gasteiger partial charge in [-0.2, -0.15) is 0 Å². The van der Waals surface area contributed by atoms with E-state index in [1.807, 2.05) is 12.1 Å². The van der Waals surface area contributed by atoms with Gasteiger partial charge in [0.2, 0.25) is 5.91 Å². The zero-order valence-electron chi connectivity index (χ0n) is 17.1. The summed E-state index contributed by atoms with van der Waals surface area (Å²) >= 11 is 0. The van der Waals surface area contributed by atoms with Gasteiger partial charge in [-0.1, -0.05) is 36.4 Å². The van der Waals surface area contributed by atoms with Crippen molar-refractivity contribution < 1.29 is 22.7 Å². The molecule has 164 valence electrons. The minimum atomic E-state index is -3.89. The van der Waals surface area contributed by atoms with Crippen LogP contribution in [0.2, 0.25) is 0 Å². The summed E-state index contributed by atoms with van der Waals surface area (Å²) in [6.07, 6.45) is -0.0908. The minimum absolute atomic E-state index is 0.00232. The second-order valence-electron chi connectivity index (χ2n) is 7.61. The molecule has 2 aliphatic rings. The predicted octanol–water partition coefficient (Wildman–Crippen LogP) is 1.37. The zero-order chi connectivity index (χ0) is 21.8. The first-order valence-corrected chi connectivity index (χ1v) is 11.7. The molecule has 1 saturated heterocycles. The van der Waals surface area contributed by atoms with E-state index in [0.29, 0.717) is 6.54 Å². The van der Waals surface area contributed by atoms with Crippen molar-refractivity contribution in [3.05, 3.63) is 65.2 Å². The van der Waals surface area contributed by atoms with Gasteiger partial charge >= 0.3 is 0 Å². The minimum Gasteiger partial charge on any atom is -0.379 e. The summed E-state index contributed by atoms with van der Waals surface area (Å²) in [6.45, 7) is 4.30. The van der Waals surface area contributed by atoms with Crippen molar-refractivity contribution in [1.29, 1.82) is 0 Å². The van der Waals surface area contributed by atoms with Crippen LogP contribution in [0.5, 0.6) is 0 Å². The van der Waals surface area contributed by atoms with Crippen LogP contribution in [0.25, 0.3) is 0 Å². The molecule has 0 aliphatic carbocycles. The lowest BCUT2D eigenvalue weighted by atomic mass is 10.1. The van der Waals surface area contributed by atoms with E-state index in [9.17, 15) is 18.0 Å². The molecule has 0 atom stereocenters. The number of fused-ring (bicyclic) bond motifs is 1. The highest BCUT2D eigenvalue weighted by Gasteiger charge is 2.40. The Hall–Kier alpha value is -2.75. The van der Waals surface area contributed by atoms with Gasteiger partial charge in [-0.3, -0.25) is 14.5 Å². The van der Waals surface area contributed by atoms with Crippen LogP contribution < -0.4 is 5.32 Å². The standard InChI is InChI=1S/C22H25N3O5S/c26-21(8-9-25-22(27)19-6-1-2-7-20(19)31(25,28)29)23-15-17-4-3-5-18(14-17)16-24-10-12-30-13-11-24/h1-7,14H,8-13,15-16H2,(H,23,26). The van der Waals surface area contributed by atoms with E-state index in [-0.39, 0.29) is 29.3 Å². The molecule has 31 heavy (non-hydrogen) atoms. The maximum absolute atomic E-state index is 12.5. The second-order valence-corrected chi connectivity index (χ2v) is 9.44. The Kier molecular flexibility index (Phi) is 6.35. The van der Waals surface area contributed by atoms with E-state index in [1.165, 1.54) is 17.7 Å².